The highest BCUT2D eigenvalue weighted by molar-refractivity contribution is 6.15. The van der Waals surface area contributed by atoms with E-state index in [2.05, 4.69) is 328 Å². The molecule has 410 valence electrons. The fraction of sp³-hybridized carbons (Fsp3) is 0. The lowest BCUT2D eigenvalue weighted by molar-refractivity contribution is 0.953. The van der Waals surface area contributed by atoms with Crippen LogP contribution < -0.4 is 0 Å². The molecule has 0 unspecified atom stereocenters. The highest BCUT2D eigenvalue weighted by Gasteiger charge is 2.23. The van der Waals surface area contributed by atoms with Crippen molar-refractivity contribution in [3.05, 3.63) is 309 Å². The molecule has 0 aliphatic carbocycles. The van der Waals surface area contributed by atoms with Gasteiger partial charge < -0.3 is 13.7 Å². The maximum atomic E-state index is 5.52. The van der Waals surface area contributed by atoms with E-state index in [0.717, 1.165) is 88.8 Å². The summed E-state index contributed by atoms with van der Waals surface area (Å²) in [7, 11) is 0. The molecule has 13 aromatic carbocycles. The molecule has 0 saturated carbocycles. The van der Waals surface area contributed by atoms with Gasteiger partial charge in [-0.25, -0.2) is 4.98 Å². The zero-order valence-corrected chi connectivity index (χ0v) is 47.6. The van der Waals surface area contributed by atoms with Gasteiger partial charge in [0.05, 0.1) is 44.1 Å². The first-order valence-corrected chi connectivity index (χ1v) is 29.9. The van der Waals surface area contributed by atoms with Crippen molar-refractivity contribution in [3.63, 3.8) is 0 Å². The smallest absolute Gasteiger partial charge is 0.238 e. The molecular formula is C81H51N7. The molecule has 18 aromatic rings. The number of rotatable bonds is 9. The van der Waals surface area contributed by atoms with Crippen LogP contribution in [0.3, 0.4) is 0 Å². The fourth-order valence-corrected chi connectivity index (χ4v) is 13.9. The maximum absolute atomic E-state index is 5.52. The molecule has 0 atom stereocenters. The molecule has 0 spiro atoms. The first kappa shape index (κ1) is 49.5. The summed E-state index contributed by atoms with van der Waals surface area (Å²) in [6, 6.07) is 111. The molecule has 0 aliphatic heterocycles. The van der Waals surface area contributed by atoms with Crippen molar-refractivity contribution in [2.75, 3.05) is 0 Å². The summed E-state index contributed by atoms with van der Waals surface area (Å²) in [6.07, 6.45) is 0. The lowest BCUT2D eigenvalue weighted by atomic mass is 9.99. The van der Waals surface area contributed by atoms with E-state index in [-0.39, 0.29) is 0 Å². The van der Waals surface area contributed by atoms with Crippen LogP contribution in [0.25, 0.3) is 166 Å². The number of fused-ring (bicyclic) bond motifs is 12. The van der Waals surface area contributed by atoms with E-state index in [9.17, 15) is 0 Å². The molecule has 7 heteroatoms. The third-order valence-electron chi connectivity index (χ3n) is 17.8. The van der Waals surface area contributed by atoms with Crippen LogP contribution in [-0.2, 0) is 0 Å². The van der Waals surface area contributed by atoms with Crippen molar-refractivity contribution in [3.8, 4) is 79.2 Å². The number of aromatic nitrogens is 7. The zero-order chi connectivity index (χ0) is 57.8. The van der Waals surface area contributed by atoms with E-state index in [0.29, 0.717) is 17.6 Å². The maximum Gasteiger partial charge on any atom is 0.238 e. The van der Waals surface area contributed by atoms with Crippen molar-refractivity contribution >= 4 is 87.2 Å². The Balaban J connectivity index is 0.784. The molecule has 0 amide bonds. The molecule has 88 heavy (non-hydrogen) atoms. The number of nitrogens with zero attached hydrogens (tertiary/aromatic N) is 7. The van der Waals surface area contributed by atoms with Gasteiger partial charge in [-0.15, -0.1) is 0 Å². The molecule has 0 aliphatic rings. The summed E-state index contributed by atoms with van der Waals surface area (Å²) in [6.45, 7) is 0. The minimum absolute atomic E-state index is 0.537. The van der Waals surface area contributed by atoms with E-state index in [1.807, 2.05) is 0 Å². The van der Waals surface area contributed by atoms with Crippen LogP contribution in [-0.4, -0.2) is 33.2 Å². The average Bonchev–Trinajstić information content (AvgIpc) is 2.16. The number of para-hydroxylation sites is 6. The topological polar surface area (TPSA) is 58.4 Å². The largest absolute Gasteiger partial charge is 0.309 e. The molecule has 0 bridgehead atoms. The number of benzene rings is 13. The predicted octanol–water partition coefficient (Wildman–Crippen LogP) is 20.6. The van der Waals surface area contributed by atoms with Crippen molar-refractivity contribution in [2.45, 2.75) is 0 Å². The summed E-state index contributed by atoms with van der Waals surface area (Å²) < 4.78 is 9.34. The number of hydrogen-bond donors (Lipinski definition) is 0. The van der Waals surface area contributed by atoms with Crippen LogP contribution in [0.5, 0.6) is 0 Å². The Morgan fingerprint density at radius 3 is 0.977 bits per heavy atom. The van der Waals surface area contributed by atoms with Crippen LogP contribution in [0.2, 0.25) is 0 Å². The molecular weight excluding hydrogens is 1070 g/mol. The van der Waals surface area contributed by atoms with Gasteiger partial charge >= 0.3 is 0 Å². The predicted molar refractivity (Wildman–Crippen MR) is 364 cm³/mol. The molecule has 5 aromatic heterocycles. The Labute approximate surface area is 506 Å². The van der Waals surface area contributed by atoms with E-state index >= 15 is 0 Å². The van der Waals surface area contributed by atoms with Gasteiger partial charge in [-0.2, -0.15) is 9.97 Å². The van der Waals surface area contributed by atoms with Crippen molar-refractivity contribution in [1.29, 1.82) is 0 Å². The quantitative estimate of drug-likeness (QED) is 0.145. The van der Waals surface area contributed by atoms with Crippen LogP contribution in [0.4, 0.5) is 0 Å². The highest BCUT2D eigenvalue weighted by Crippen LogP contribution is 2.42. The Kier molecular flexibility index (Phi) is 11.2. The second-order valence-corrected chi connectivity index (χ2v) is 22.8. The normalized spacial score (nSPS) is 11.9. The third-order valence-corrected chi connectivity index (χ3v) is 17.8. The molecule has 0 saturated heterocycles. The first-order valence-electron chi connectivity index (χ1n) is 29.9. The van der Waals surface area contributed by atoms with E-state index < -0.39 is 0 Å². The fourth-order valence-electron chi connectivity index (χ4n) is 13.9. The molecule has 0 N–H and O–H groups in total. The average molecular weight is 1120 g/mol. The van der Waals surface area contributed by atoms with Crippen LogP contribution in [0.1, 0.15) is 0 Å². The first-order chi connectivity index (χ1) is 43.6. The summed E-state index contributed by atoms with van der Waals surface area (Å²) in [5.74, 6) is 1.69. The third kappa shape index (κ3) is 7.81. The highest BCUT2D eigenvalue weighted by atomic mass is 15.2. The van der Waals surface area contributed by atoms with Gasteiger partial charge in [0.1, 0.15) is 0 Å². The van der Waals surface area contributed by atoms with Crippen molar-refractivity contribution in [2.24, 2.45) is 0 Å². The van der Waals surface area contributed by atoms with Gasteiger partial charge in [-0.1, -0.05) is 200 Å². The minimum atomic E-state index is 0.537. The molecule has 0 fully saturated rings. The van der Waals surface area contributed by atoms with Crippen molar-refractivity contribution in [1.82, 2.24) is 33.2 Å². The summed E-state index contributed by atoms with van der Waals surface area (Å²) >= 11 is 0. The van der Waals surface area contributed by atoms with Crippen molar-refractivity contribution < 1.29 is 0 Å². The molecule has 18 rings (SSSR count). The monoisotopic (exact) mass is 1120 g/mol. The summed E-state index contributed by atoms with van der Waals surface area (Å²) in [4.78, 5) is 16.5. The second kappa shape index (κ2) is 19.8. The minimum Gasteiger partial charge on any atom is -0.309 e. The molecule has 7 nitrogen and oxygen atoms in total. The van der Waals surface area contributed by atoms with Crippen LogP contribution in [0.15, 0.2) is 309 Å². The SMILES string of the molecule is c1ccc(-c2ccccc2-c2nc(-c3cccc(-n4c5ccccc5c5cc(-c6ccc7c(c6)c6ccccc6n7-c6ccccc6)ccc54)c3)nc(-n3c4ccccc4c4cc(-c5ccc6c(c5)c5ccccc5n6-c5ccccc5)ccc43)n2)cc1. The Bertz CT molecular complexity index is 5810. The zero-order valence-electron chi connectivity index (χ0n) is 47.6. The Hall–Kier alpha value is -11.9. The summed E-state index contributed by atoms with van der Waals surface area (Å²) in [5, 5.41) is 9.48. The van der Waals surface area contributed by atoms with Gasteiger partial charge in [0, 0.05) is 71.3 Å². The van der Waals surface area contributed by atoms with E-state index in [1.165, 1.54) is 59.9 Å². The van der Waals surface area contributed by atoms with E-state index in [1.54, 1.807) is 0 Å². The lowest BCUT2D eigenvalue weighted by Crippen LogP contribution is -2.07. The van der Waals surface area contributed by atoms with Gasteiger partial charge in [-0.05, 0) is 143 Å². The van der Waals surface area contributed by atoms with E-state index in [4.69, 9.17) is 15.0 Å². The van der Waals surface area contributed by atoms with Gasteiger partial charge in [0.2, 0.25) is 5.95 Å². The Morgan fingerprint density at radius 1 is 0.182 bits per heavy atom. The lowest BCUT2D eigenvalue weighted by Gasteiger charge is -2.14. The summed E-state index contributed by atoms with van der Waals surface area (Å²) in [5.41, 5.74) is 20.8. The Morgan fingerprint density at radius 2 is 0.511 bits per heavy atom. The molecule has 5 heterocycles. The standard InChI is InChI=1S/C81H51N7/c1-4-21-52(22-5-1)61-29-10-11-34-66(61)80-82-79(83-81(84-80)88-74-38-19-15-33-65(74)70-51-56(42-46-78(70)88)54-40-44-76-68(49-54)63-31-13-17-36-72(63)86(76)59-26-8-3-9-27-59)57-23-20-28-60(47-57)87-73-37-18-14-32-64(73)69-50-55(41-45-77(69)87)53-39-43-75-67(48-53)62-30-12-16-35-71(62)85(75)58-24-6-2-7-25-58/h1-51H. The van der Waals surface area contributed by atoms with Crippen LogP contribution >= 0.6 is 0 Å². The second-order valence-electron chi connectivity index (χ2n) is 22.8. The van der Waals surface area contributed by atoms with Gasteiger partial charge in [0.15, 0.2) is 11.6 Å². The number of hydrogen-bond acceptors (Lipinski definition) is 3. The van der Waals surface area contributed by atoms with Gasteiger partial charge in [-0.3, -0.25) is 4.57 Å². The van der Waals surface area contributed by atoms with Gasteiger partial charge in [0.25, 0.3) is 0 Å². The van der Waals surface area contributed by atoms with Crippen LogP contribution in [0, 0.1) is 0 Å². The molecule has 0 radical (unpaired) electrons.